The van der Waals surface area contributed by atoms with E-state index in [0.29, 0.717) is 0 Å². The first-order valence-corrected chi connectivity index (χ1v) is 7.78. The van der Waals surface area contributed by atoms with E-state index >= 15 is 0 Å². The van der Waals surface area contributed by atoms with E-state index in [1.54, 1.807) is 0 Å². The van der Waals surface area contributed by atoms with Gasteiger partial charge in [-0.1, -0.05) is 51.3 Å². The molecule has 0 amide bonds. The van der Waals surface area contributed by atoms with Crippen LogP contribution in [-0.4, -0.2) is 12.5 Å². The summed E-state index contributed by atoms with van der Waals surface area (Å²) < 4.78 is 5.97. The Balaban J connectivity index is 2.54. The molecule has 0 spiro atoms. The Kier molecular flexibility index (Phi) is 6.71. The quantitative estimate of drug-likeness (QED) is 0.476. The average molecular weight is 283 g/mol. The van der Waals surface area contributed by atoms with E-state index in [1.807, 2.05) is 0 Å². The molecule has 108 valence electrons. The van der Waals surface area contributed by atoms with Crippen molar-refractivity contribution in [2.24, 2.45) is 0 Å². The molecule has 19 heavy (non-hydrogen) atoms. The average Bonchev–Trinajstić information content (AvgIpc) is 2.34. The smallest absolute Gasteiger partial charge is 0.123 e. The molecule has 0 saturated carbocycles. The first-order chi connectivity index (χ1) is 8.95. The van der Waals surface area contributed by atoms with E-state index < -0.39 is 0 Å². The van der Waals surface area contributed by atoms with E-state index in [0.717, 1.165) is 31.1 Å². The summed E-state index contributed by atoms with van der Waals surface area (Å²) in [5, 5.41) is 0. The Bertz CT molecular complexity index is 379. The topological polar surface area (TPSA) is 9.23 Å². The van der Waals surface area contributed by atoms with Crippen LogP contribution in [0.25, 0.3) is 0 Å². The first-order valence-electron chi connectivity index (χ1n) is 7.25. The van der Waals surface area contributed by atoms with Crippen molar-refractivity contribution in [2.45, 2.75) is 58.8 Å². The number of halogens is 1. The fourth-order valence-corrected chi connectivity index (χ4v) is 2.28. The highest BCUT2D eigenvalue weighted by atomic mass is 35.5. The van der Waals surface area contributed by atoms with Crippen LogP contribution in [0.4, 0.5) is 0 Å². The van der Waals surface area contributed by atoms with Crippen molar-refractivity contribution in [3.63, 3.8) is 0 Å². The summed E-state index contributed by atoms with van der Waals surface area (Å²) in [7, 11) is 0. The van der Waals surface area contributed by atoms with Crippen LogP contribution in [0.2, 0.25) is 0 Å². The normalized spacial score (nSPS) is 11.6. The van der Waals surface area contributed by atoms with Gasteiger partial charge in [0, 0.05) is 5.88 Å². The molecule has 0 N–H and O–H groups in total. The number of benzene rings is 1. The van der Waals surface area contributed by atoms with Crippen LogP contribution in [0.1, 0.15) is 57.6 Å². The van der Waals surface area contributed by atoms with Crippen LogP contribution < -0.4 is 4.74 Å². The summed E-state index contributed by atoms with van der Waals surface area (Å²) in [5.41, 5.74) is 2.72. The second kappa shape index (κ2) is 7.79. The Morgan fingerprint density at radius 3 is 2.37 bits per heavy atom. The lowest BCUT2D eigenvalue weighted by Gasteiger charge is -2.23. The molecular weight excluding hydrogens is 256 g/mol. The minimum Gasteiger partial charge on any atom is -0.493 e. The molecule has 0 atom stereocenters. The number of hydrogen-bond acceptors (Lipinski definition) is 1. The van der Waals surface area contributed by atoms with Gasteiger partial charge in [0.25, 0.3) is 0 Å². The van der Waals surface area contributed by atoms with E-state index in [1.165, 1.54) is 24.0 Å². The maximum Gasteiger partial charge on any atom is 0.123 e. The molecule has 0 heterocycles. The SMILES string of the molecule is Cc1ccc(OCCCCCCCl)c(C(C)(C)C)c1. The number of unbranched alkanes of at least 4 members (excludes halogenated alkanes) is 3. The number of alkyl halides is 1. The van der Waals surface area contributed by atoms with Crippen LogP contribution >= 0.6 is 11.6 Å². The van der Waals surface area contributed by atoms with Gasteiger partial charge in [-0.25, -0.2) is 0 Å². The third-order valence-electron chi connectivity index (χ3n) is 3.23. The highest BCUT2D eigenvalue weighted by Gasteiger charge is 2.18. The fraction of sp³-hybridized carbons (Fsp3) is 0.647. The Hall–Kier alpha value is -0.690. The molecule has 1 aromatic rings. The number of ether oxygens (including phenoxy) is 1. The number of aryl methyl sites for hydroxylation is 1. The fourth-order valence-electron chi connectivity index (χ4n) is 2.09. The predicted molar refractivity (Wildman–Crippen MR) is 84.6 cm³/mol. The molecule has 0 fully saturated rings. The molecule has 1 aromatic carbocycles. The first kappa shape index (κ1) is 16.4. The van der Waals surface area contributed by atoms with Gasteiger partial charge in [-0.05, 0) is 36.8 Å². The lowest BCUT2D eigenvalue weighted by molar-refractivity contribution is 0.297. The predicted octanol–water partition coefficient (Wildman–Crippen LogP) is 5.47. The minimum absolute atomic E-state index is 0.125. The second-order valence-electron chi connectivity index (χ2n) is 6.20. The van der Waals surface area contributed by atoms with Crippen LogP contribution in [0.15, 0.2) is 18.2 Å². The summed E-state index contributed by atoms with van der Waals surface area (Å²) in [6, 6.07) is 6.47. The summed E-state index contributed by atoms with van der Waals surface area (Å²) in [6.07, 6.45) is 4.62. The van der Waals surface area contributed by atoms with Gasteiger partial charge < -0.3 is 4.74 Å². The number of rotatable bonds is 7. The minimum atomic E-state index is 0.125. The molecule has 0 unspecified atom stereocenters. The van der Waals surface area contributed by atoms with E-state index in [2.05, 4.69) is 45.9 Å². The van der Waals surface area contributed by atoms with Crippen molar-refractivity contribution in [3.8, 4) is 5.75 Å². The molecule has 1 rings (SSSR count). The lowest BCUT2D eigenvalue weighted by atomic mass is 9.85. The molecule has 0 radical (unpaired) electrons. The third-order valence-corrected chi connectivity index (χ3v) is 3.50. The summed E-state index contributed by atoms with van der Waals surface area (Å²) >= 11 is 5.66. The van der Waals surface area contributed by atoms with Crippen molar-refractivity contribution in [3.05, 3.63) is 29.3 Å². The second-order valence-corrected chi connectivity index (χ2v) is 6.58. The maximum absolute atomic E-state index is 5.97. The lowest BCUT2D eigenvalue weighted by Crippen LogP contribution is -2.14. The van der Waals surface area contributed by atoms with Gasteiger partial charge in [0.2, 0.25) is 0 Å². The van der Waals surface area contributed by atoms with Gasteiger partial charge >= 0.3 is 0 Å². The van der Waals surface area contributed by atoms with Gasteiger partial charge in [0.1, 0.15) is 5.75 Å². The Labute approximate surface area is 123 Å². The van der Waals surface area contributed by atoms with E-state index in [9.17, 15) is 0 Å². The highest BCUT2D eigenvalue weighted by molar-refractivity contribution is 6.17. The Morgan fingerprint density at radius 1 is 1.05 bits per heavy atom. The summed E-state index contributed by atoms with van der Waals surface area (Å²) in [6.45, 7) is 9.62. The largest absolute Gasteiger partial charge is 0.493 e. The van der Waals surface area contributed by atoms with E-state index in [-0.39, 0.29) is 5.41 Å². The molecule has 0 aromatic heterocycles. The Morgan fingerprint density at radius 2 is 1.74 bits per heavy atom. The van der Waals surface area contributed by atoms with Gasteiger partial charge in [-0.2, -0.15) is 0 Å². The van der Waals surface area contributed by atoms with Crippen LogP contribution in [0, 0.1) is 6.92 Å². The van der Waals surface area contributed by atoms with Crippen molar-refractivity contribution in [1.29, 1.82) is 0 Å². The zero-order valence-electron chi connectivity index (χ0n) is 12.8. The molecule has 2 heteroatoms. The molecule has 0 aliphatic heterocycles. The molecule has 0 bridgehead atoms. The summed E-state index contributed by atoms with van der Waals surface area (Å²) in [4.78, 5) is 0. The zero-order chi connectivity index (χ0) is 14.3. The molecule has 0 aliphatic rings. The van der Waals surface area contributed by atoms with E-state index in [4.69, 9.17) is 16.3 Å². The van der Waals surface area contributed by atoms with Crippen LogP contribution in [-0.2, 0) is 5.41 Å². The molecule has 1 nitrogen and oxygen atoms in total. The standard InChI is InChI=1S/C17H27ClO/c1-14-9-10-16(15(13-14)17(2,3)4)19-12-8-6-5-7-11-18/h9-10,13H,5-8,11-12H2,1-4H3. The van der Waals surface area contributed by atoms with Gasteiger partial charge in [-0.15, -0.1) is 11.6 Å². The van der Waals surface area contributed by atoms with Crippen LogP contribution in [0.5, 0.6) is 5.75 Å². The van der Waals surface area contributed by atoms with Gasteiger partial charge in [-0.3, -0.25) is 0 Å². The van der Waals surface area contributed by atoms with Crippen molar-refractivity contribution < 1.29 is 4.74 Å². The van der Waals surface area contributed by atoms with Crippen molar-refractivity contribution in [1.82, 2.24) is 0 Å². The van der Waals surface area contributed by atoms with Gasteiger partial charge in [0.05, 0.1) is 6.61 Å². The summed E-state index contributed by atoms with van der Waals surface area (Å²) in [5.74, 6) is 1.81. The molecular formula is C17H27ClO. The molecule has 0 saturated heterocycles. The van der Waals surface area contributed by atoms with Crippen molar-refractivity contribution >= 4 is 11.6 Å². The molecule has 0 aliphatic carbocycles. The van der Waals surface area contributed by atoms with Crippen molar-refractivity contribution in [2.75, 3.05) is 12.5 Å². The number of hydrogen-bond donors (Lipinski definition) is 0. The maximum atomic E-state index is 5.97. The van der Waals surface area contributed by atoms with Gasteiger partial charge in [0.15, 0.2) is 0 Å². The third kappa shape index (κ3) is 5.86. The zero-order valence-corrected chi connectivity index (χ0v) is 13.5. The van der Waals surface area contributed by atoms with Crippen LogP contribution in [0.3, 0.4) is 0 Å². The monoisotopic (exact) mass is 282 g/mol. The highest BCUT2D eigenvalue weighted by Crippen LogP contribution is 2.32.